The molecule has 3 nitrogen and oxygen atoms in total. The Hall–Kier alpha value is -1.51. The molecule has 56 valence electrons. The molecule has 0 saturated heterocycles. The first kappa shape index (κ1) is 7.60. The van der Waals surface area contributed by atoms with Crippen LogP contribution in [0.4, 0.5) is 0 Å². The van der Waals surface area contributed by atoms with Gasteiger partial charge in [-0.05, 0) is 12.1 Å². The van der Waals surface area contributed by atoms with Crippen molar-refractivity contribution in [1.29, 1.82) is 0 Å². The van der Waals surface area contributed by atoms with Gasteiger partial charge in [0.25, 0.3) is 0 Å². The number of rotatable bonds is 2. The summed E-state index contributed by atoms with van der Waals surface area (Å²) in [5, 5.41) is 0. The highest BCUT2D eigenvalue weighted by molar-refractivity contribution is 6.42. The van der Waals surface area contributed by atoms with Crippen LogP contribution in [0.2, 0.25) is 0 Å². The highest BCUT2D eigenvalue weighted by atomic mass is 16.2. The molecule has 0 bridgehead atoms. The van der Waals surface area contributed by atoms with Gasteiger partial charge in [0, 0.05) is 24.9 Å². The summed E-state index contributed by atoms with van der Waals surface area (Å²) in [5.74, 6) is -0.948. The van der Waals surface area contributed by atoms with Crippen molar-refractivity contribution < 1.29 is 9.59 Å². The number of carbonyl (C=O) groups excluding carboxylic acids is 2. The maximum Gasteiger partial charge on any atom is 0.229 e. The fourth-order valence-corrected chi connectivity index (χ4v) is 0.700. The zero-order valence-electron chi connectivity index (χ0n) is 6.07. The Morgan fingerprint density at radius 1 is 1.45 bits per heavy atom. The Labute approximate surface area is 64.1 Å². The molecule has 0 unspecified atom stereocenters. The Bertz CT molecular complexity index is 279. The van der Waals surface area contributed by atoms with Crippen LogP contribution in [0, 0.1) is 0 Å². The van der Waals surface area contributed by atoms with Gasteiger partial charge >= 0.3 is 0 Å². The predicted molar refractivity (Wildman–Crippen MR) is 39.2 cm³/mol. The van der Waals surface area contributed by atoms with Crippen molar-refractivity contribution in [3.8, 4) is 0 Å². The lowest BCUT2D eigenvalue weighted by Crippen LogP contribution is -2.09. The van der Waals surface area contributed by atoms with E-state index in [0.717, 1.165) is 0 Å². The Balaban J connectivity index is 2.95. The Kier molecular flexibility index (Phi) is 2.11. The largest absolute Gasteiger partial charge is 0.291 e. The molecular weight excluding hydrogens is 142 g/mol. The van der Waals surface area contributed by atoms with E-state index < -0.39 is 11.6 Å². The maximum absolute atomic E-state index is 11.0. The van der Waals surface area contributed by atoms with Crippen molar-refractivity contribution in [3.05, 3.63) is 30.1 Å². The number of hydrogen-bond donors (Lipinski definition) is 0. The molecule has 3 heteroatoms. The first-order chi connectivity index (χ1) is 5.22. The second-order valence-electron chi connectivity index (χ2n) is 2.13. The average molecular weight is 149 g/mol. The summed E-state index contributed by atoms with van der Waals surface area (Å²) in [7, 11) is 0. The number of carbonyl (C=O) groups is 2. The van der Waals surface area contributed by atoms with Gasteiger partial charge in [-0.25, -0.2) is 0 Å². The molecule has 1 rings (SSSR count). The quantitative estimate of drug-likeness (QED) is 0.462. The van der Waals surface area contributed by atoms with Crippen LogP contribution in [0.15, 0.2) is 24.5 Å². The van der Waals surface area contributed by atoms with Crippen molar-refractivity contribution in [2.45, 2.75) is 6.92 Å². The van der Waals surface area contributed by atoms with Gasteiger partial charge in [0.15, 0.2) is 5.78 Å². The molecule has 0 aromatic carbocycles. The van der Waals surface area contributed by atoms with Crippen molar-refractivity contribution >= 4 is 11.6 Å². The second-order valence-corrected chi connectivity index (χ2v) is 2.13. The molecule has 1 aromatic rings. The van der Waals surface area contributed by atoms with Crippen LogP contribution in [-0.2, 0) is 4.79 Å². The van der Waals surface area contributed by atoms with E-state index in [9.17, 15) is 9.59 Å². The van der Waals surface area contributed by atoms with Crippen LogP contribution in [0.1, 0.15) is 17.3 Å². The summed E-state index contributed by atoms with van der Waals surface area (Å²) in [6, 6.07) is 3.19. The van der Waals surface area contributed by atoms with Gasteiger partial charge in [-0.3, -0.25) is 14.6 Å². The zero-order chi connectivity index (χ0) is 8.27. The molecule has 1 aromatic heterocycles. The van der Waals surface area contributed by atoms with Gasteiger partial charge in [-0.15, -0.1) is 0 Å². The number of nitrogens with zero attached hydrogens (tertiary/aromatic N) is 1. The van der Waals surface area contributed by atoms with Gasteiger partial charge in [0.05, 0.1) is 0 Å². The van der Waals surface area contributed by atoms with E-state index in [4.69, 9.17) is 0 Å². The number of hydrogen-bond acceptors (Lipinski definition) is 3. The molecule has 0 fully saturated rings. The van der Waals surface area contributed by atoms with Crippen LogP contribution in [-0.4, -0.2) is 16.6 Å². The van der Waals surface area contributed by atoms with Gasteiger partial charge in [-0.1, -0.05) is 0 Å². The third-order valence-corrected chi connectivity index (χ3v) is 1.24. The number of Topliss-reactive ketones (excluding diaryl/α,β-unsaturated/α-hetero) is 2. The summed E-state index contributed by atoms with van der Waals surface area (Å²) >= 11 is 0. The summed E-state index contributed by atoms with van der Waals surface area (Å²) in [6.07, 6.45) is 2.93. The summed E-state index contributed by atoms with van der Waals surface area (Å²) < 4.78 is 0. The SMILES string of the molecule is CC(=O)C(=O)c1cccnc1. The maximum atomic E-state index is 11.0. The highest BCUT2D eigenvalue weighted by Gasteiger charge is 2.09. The van der Waals surface area contributed by atoms with E-state index >= 15 is 0 Å². The monoisotopic (exact) mass is 149 g/mol. The van der Waals surface area contributed by atoms with E-state index in [1.54, 1.807) is 18.3 Å². The minimum atomic E-state index is -0.488. The van der Waals surface area contributed by atoms with Crippen LogP contribution in [0.25, 0.3) is 0 Å². The lowest BCUT2D eigenvalue weighted by molar-refractivity contribution is -0.113. The normalized spacial score (nSPS) is 9.18. The number of ketones is 2. The van der Waals surface area contributed by atoms with E-state index in [1.807, 2.05) is 0 Å². The molecule has 0 radical (unpaired) electrons. The number of aromatic nitrogens is 1. The molecule has 0 spiro atoms. The standard InChI is InChI=1S/C8H7NO2/c1-6(10)8(11)7-3-2-4-9-5-7/h2-5H,1H3. The summed E-state index contributed by atoms with van der Waals surface area (Å²) in [5.41, 5.74) is 0.347. The predicted octanol–water partition coefficient (Wildman–Crippen LogP) is 0.853. The summed E-state index contributed by atoms with van der Waals surface area (Å²) in [6.45, 7) is 1.25. The summed E-state index contributed by atoms with van der Waals surface area (Å²) in [4.78, 5) is 25.2. The topological polar surface area (TPSA) is 47.0 Å². The van der Waals surface area contributed by atoms with Crippen LogP contribution < -0.4 is 0 Å². The average Bonchev–Trinajstić information content (AvgIpc) is 2.05. The third-order valence-electron chi connectivity index (χ3n) is 1.24. The first-order valence-electron chi connectivity index (χ1n) is 3.17. The highest BCUT2D eigenvalue weighted by Crippen LogP contribution is 1.97. The lowest BCUT2D eigenvalue weighted by atomic mass is 10.1. The molecule has 0 atom stereocenters. The van der Waals surface area contributed by atoms with E-state index in [2.05, 4.69) is 4.98 Å². The molecule has 11 heavy (non-hydrogen) atoms. The van der Waals surface area contributed by atoms with Crippen molar-refractivity contribution in [2.75, 3.05) is 0 Å². The van der Waals surface area contributed by atoms with Crippen LogP contribution in [0.5, 0.6) is 0 Å². The van der Waals surface area contributed by atoms with Gasteiger partial charge in [0.2, 0.25) is 5.78 Å². The second kappa shape index (κ2) is 3.05. The Morgan fingerprint density at radius 2 is 2.18 bits per heavy atom. The smallest absolute Gasteiger partial charge is 0.229 e. The molecule has 0 N–H and O–H groups in total. The molecule has 0 saturated carbocycles. The van der Waals surface area contributed by atoms with Crippen molar-refractivity contribution in [1.82, 2.24) is 4.98 Å². The minimum absolute atomic E-state index is 0.347. The van der Waals surface area contributed by atoms with Crippen LogP contribution >= 0.6 is 0 Å². The van der Waals surface area contributed by atoms with Gasteiger partial charge in [0.1, 0.15) is 0 Å². The van der Waals surface area contributed by atoms with Crippen molar-refractivity contribution in [3.63, 3.8) is 0 Å². The molecule has 0 amide bonds. The number of pyridine rings is 1. The van der Waals surface area contributed by atoms with Crippen LogP contribution in [0.3, 0.4) is 0 Å². The van der Waals surface area contributed by atoms with Crippen molar-refractivity contribution in [2.24, 2.45) is 0 Å². The fraction of sp³-hybridized carbons (Fsp3) is 0.125. The fourth-order valence-electron chi connectivity index (χ4n) is 0.700. The van der Waals surface area contributed by atoms with Gasteiger partial charge < -0.3 is 0 Å². The molecule has 1 heterocycles. The zero-order valence-corrected chi connectivity index (χ0v) is 6.07. The first-order valence-corrected chi connectivity index (χ1v) is 3.17. The molecule has 0 aliphatic rings. The minimum Gasteiger partial charge on any atom is -0.291 e. The lowest BCUT2D eigenvalue weighted by Gasteiger charge is -1.92. The van der Waals surface area contributed by atoms with E-state index in [-0.39, 0.29) is 0 Å². The van der Waals surface area contributed by atoms with Gasteiger partial charge in [-0.2, -0.15) is 0 Å². The Morgan fingerprint density at radius 3 is 2.64 bits per heavy atom. The third kappa shape index (κ3) is 1.70. The van der Waals surface area contributed by atoms with E-state index in [1.165, 1.54) is 13.1 Å². The molecule has 0 aliphatic carbocycles. The molecular formula is C8H7NO2. The molecule has 0 aliphatic heterocycles. The van der Waals surface area contributed by atoms with E-state index in [0.29, 0.717) is 5.56 Å².